The fourth-order valence-corrected chi connectivity index (χ4v) is 3.77. The number of nitrogens with zero attached hydrogens (tertiary/aromatic N) is 3. The van der Waals surface area contributed by atoms with Gasteiger partial charge in [0.25, 0.3) is 0 Å². The molecule has 0 unspecified atom stereocenters. The molecule has 1 fully saturated rings. The third-order valence-corrected chi connectivity index (χ3v) is 4.63. The first kappa shape index (κ1) is 14.3. The summed E-state index contributed by atoms with van der Waals surface area (Å²) in [4.78, 5) is 8.42. The molecule has 2 rings (SSSR count). The van der Waals surface area contributed by atoms with Crippen LogP contribution in [0.4, 0.5) is 5.13 Å². The number of hydrogen-bond acceptors (Lipinski definition) is 4. The molecule has 4 heteroatoms. The van der Waals surface area contributed by atoms with Crippen LogP contribution in [0, 0.1) is 11.3 Å². The summed E-state index contributed by atoms with van der Waals surface area (Å²) in [5.74, 6) is 0. The third kappa shape index (κ3) is 3.48. The lowest BCUT2D eigenvalue weighted by Gasteiger charge is -2.19. The summed E-state index contributed by atoms with van der Waals surface area (Å²) in [5, 5.41) is 10.1. The summed E-state index contributed by atoms with van der Waals surface area (Å²) in [6.45, 7) is 8.76. The van der Waals surface area contributed by atoms with Gasteiger partial charge >= 0.3 is 0 Å². The number of aromatic nitrogens is 1. The lowest BCUT2D eigenvalue weighted by Crippen LogP contribution is -2.24. The van der Waals surface area contributed by atoms with E-state index in [9.17, 15) is 0 Å². The van der Waals surface area contributed by atoms with Gasteiger partial charge in [0.2, 0.25) is 0 Å². The minimum absolute atomic E-state index is 0.0206. The Morgan fingerprint density at radius 1 is 1.21 bits per heavy atom. The molecule has 0 saturated carbocycles. The molecule has 1 saturated heterocycles. The first-order chi connectivity index (χ1) is 9.02. The molecule has 2 heterocycles. The van der Waals surface area contributed by atoms with E-state index in [1.165, 1.54) is 25.7 Å². The maximum Gasteiger partial charge on any atom is 0.185 e. The highest BCUT2D eigenvalue weighted by atomic mass is 32.1. The van der Waals surface area contributed by atoms with Gasteiger partial charge in [-0.1, -0.05) is 33.6 Å². The van der Waals surface area contributed by atoms with Crippen molar-refractivity contribution in [2.45, 2.75) is 58.3 Å². The van der Waals surface area contributed by atoms with Crippen LogP contribution in [-0.2, 0) is 11.8 Å². The second-order valence-corrected chi connectivity index (χ2v) is 7.32. The molecule has 3 nitrogen and oxygen atoms in total. The molecule has 0 aromatic carbocycles. The van der Waals surface area contributed by atoms with Crippen molar-refractivity contribution in [1.29, 1.82) is 5.26 Å². The number of thiazole rings is 1. The standard InChI is InChI=1S/C15H23N3S/c1-15(2,3)13-12(8-9-16)19-14(17-13)18-10-6-4-5-7-11-18/h4-8,10-11H2,1-3H3. The summed E-state index contributed by atoms with van der Waals surface area (Å²) >= 11 is 1.72. The quantitative estimate of drug-likeness (QED) is 0.823. The second kappa shape index (κ2) is 5.92. The molecule has 1 aliphatic rings. The Morgan fingerprint density at radius 3 is 2.37 bits per heavy atom. The Balaban J connectivity index is 2.28. The van der Waals surface area contributed by atoms with E-state index in [1.54, 1.807) is 11.3 Å². The predicted molar refractivity (Wildman–Crippen MR) is 80.8 cm³/mol. The molecule has 0 spiro atoms. The molecular weight excluding hydrogens is 254 g/mol. The molecule has 0 aliphatic carbocycles. The van der Waals surface area contributed by atoms with Crippen molar-refractivity contribution in [2.24, 2.45) is 0 Å². The lowest BCUT2D eigenvalue weighted by molar-refractivity contribution is 0.567. The highest BCUT2D eigenvalue weighted by molar-refractivity contribution is 7.15. The topological polar surface area (TPSA) is 39.9 Å². The molecular formula is C15H23N3S. The zero-order valence-electron chi connectivity index (χ0n) is 12.2. The van der Waals surface area contributed by atoms with Gasteiger partial charge in [0.1, 0.15) is 0 Å². The van der Waals surface area contributed by atoms with E-state index < -0.39 is 0 Å². The van der Waals surface area contributed by atoms with Crippen molar-refractivity contribution < 1.29 is 0 Å². The van der Waals surface area contributed by atoms with E-state index in [0.717, 1.165) is 28.8 Å². The Morgan fingerprint density at radius 2 is 1.84 bits per heavy atom. The summed E-state index contributed by atoms with van der Waals surface area (Å²) in [6, 6.07) is 2.28. The first-order valence-corrected chi connectivity index (χ1v) is 7.96. The van der Waals surface area contributed by atoms with Crippen molar-refractivity contribution in [3.05, 3.63) is 10.6 Å². The molecule has 0 radical (unpaired) electrons. The number of hydrogen-bond donors (Lipinski definition) is 0. The Hall–Kier alpha value is -1.08. The fourth-order valence-electron chi connectivity index (χ4n) is 2.51. The van der Waals surface area contributed by atoms with Crippen LogP contribution in [0.1, 0.15) is 57.0 Å². The molecule has 1 aromatic heterocycles. The van der Waals surface area contributed by atoms with Crippen LogP contribution in [0.5, 0.6) is 0 Å². The van der Waals surface area contributed by atoms with E-state index in [-0.39, 0.29) is 5.41 Å². The highest BCUT2D eigenvalue weighted by Crippen LogP contribution is 2.34. The minimum Gasteiger partial charge on any atom is -0.348 e. The third-order valence-electron chi connectivity index (χ3n) is 3.51. The number of rotatable bonds is 2. The molecule has 0 N–H and O–H groups in total. The molecule has 104 valence electrons. The summed E-state index contributed by atoms with van der Waals surface area (Å²) in [6.07, 6.45) is 5.67. The largest absolute Gasteiger partial charge is 0.348 e. The van der Waals surface area contributed by atoms with Crippen molar-refractivity contribution >= 4 is 16.5 Å². The van der Waals surface area contributed by atoms with Crippen LogP contribution in [0.3, 0.4) is 0 Å². The van der Waals surface area contributed by atoms with Crippen molar-refractivity contribution in [3.8, 4) is 6.07 Å². The van der Waals surface area contributed by atoms with E-state index >= 15 is 0 Å². The highest BCUT2D eigenvalue weighted by Gasteiger charge is 2.25. The maximum atomic E-state index is 8.99. The second-order valence-electron chi connectivity index (χ2n) is 6.25. The SMILES string of the molecule is CC(C)(C)c1nc(N2CCCCCC2)sc1CC#N. The van der Waals surface area contributed by atoms with E-state index in [1.807, 2.05) is 0 Å². The van der Waals surface area contributed by atoms with Gasteiger partial charge in [0.15, 0.2) is 5.13 Å². The van der Waals surface area contributed by atoms with Crippen LogP contribution < -0.4 is 4.90 Å². The molecule has 1 aromatic rings. The summed E-state index contributed by atoms with van der Waals surface area (Å²) < 4.78 is 0. The van der Waals surface area contributed by atoms with Crippen molar-refractivity contribution in [3.63, 3.8) is 0 Å². The van der Waals surface area contributed by atoms with Gasteiger partial charge in [0, 0.05) is 23.4 Å². The zero-order valence-corrected chi connectivity index (χ0v) is 13.0. The van der Waals surface area contributed by atoms with E-state index in [0.29, 0.717) is 6.42 Å². The summed E-state index contributed by atoms with van der Waals surface area (Å²) in [7, 11) is 0. The van der Waals surface area contributed by atoms with Gasteiger partial charge in [-0.3, -0.25) is 0 Å². The summed E-state index contributed by atoms with van der Waals surface area (Å²) in [5.41, 5.74) is 1.13. The molecule has 0 amide bonds. The Kier molecular flexibility index (Phi) is 4.46. The fraction of sp³-hybridized carbons (Fsp3) is 0.733. The zero-order chi connectivity index (χ0) is 13.9. The van der Waals surface area contributed by atoms with Gasteiger partial charge in [-0.15, -0.1) is 11.3 Å². The van der Waals surface area contributed by atoms with Crippen LogP contribution in [0.2, 0.25) is 0 Å². The smallest absolute Gasteiger partial charge is 0.185 e. The van der Waals surface area contributed by atoms with E-state index in [2.05, 4.69) is 31.7 Å². The molecule has 0 atom stereocenters. The minimum atomic E-state index is 0.0206. The van der Waals surface area contributed by atoms with Crippen molar-refractivity contribution in [2.75, 3.05) is 18.0 Å². The van der Waals surface area contributed by atoms with Crippen molar-refractivity contribution in [1.82, 2.24) is 4.98 Å². The molecule has 1 aliphatic heterocycles. The van der Waals surface area contributed by atoms with Crippen LogP contribution in [0.15, 0.2) is 0 Å². The average molecular weight is 277 g/mol. The van der Waals surface area contributed by atoms with Crippen LogP contribution in [-0.4, -0.2) is 18.1 Å². The number of nitriles is 1. The van der Waals surface area contributed by atoms with Gasteiger partial charge in [-0.05, 0) is 12.8 Å². The van der Waals surface area contributed by atoms with Crippen LogP contribution >= 0.6 is 11.3 Å². The lowest BCUT2D eigenvalue weighted by atomic mass is 9.91. The predicted octanol–water partition coefficient (Wildman–Crippen LogP) is 3.89. The van der Waals surface area contributed by atoms with Gasteiger partial charge in [0.05, 0.1) is 18.2 Å². The average Bonchev–Trinajstić information content (AvgIpc) is 2.59. The van der Waals surface area contributed by atoms with Gasteiger partial charge in [-0.25, -0.2) is 4.98 Å². The molecule has 19 heavy (non-hydrogen) atoms. The van der Waals surface area contributed by atoms with Gasteiger partial charge in [-0.2, -0.15) is 5.26 Å². The molecule has 0 bridgehead atoms. The van der Waals surface area contributed by atoms with Crippen LogP contribution in [0.25, 0.3) is 0 Å². The maximum absolute atomic E-state index is 8.99. The number of anilines is 1. The Labute approximate surface area is 120 Å². The first-order valence-electron chi connectivity index (χ1n) is 7.14. The Bertz CT molecular complexity index is 457. The van der Waals surface area contributed by atoms with Gasteiger partial charge < -0.3 is 4.90 Å². The van der Waals surface area contributed by atoms with E-state index in [4.69, 9.17) is 10.2 Å². The monoisotopic (exact) mass is 277 g/mol. The normalized spacial score (nSPS) is 17.1.